The minimum absolute atomic E-state index is 0.428. The molecule has 0 spiro atoms. The van der Waals surface area contributed by atoms with Crippen LogP contribution in [-0.2, 0) is 6.42 Å². The summed E-state index contributed by atoms with van der Waals surface area (Å²) in [6.07, 6.45) is 7.61. The van der Waals surface area contributed by atoms with Crippen molar-refractivity contribution in [1.29, 1.82) is 0 Å². The highest BCUT2D eigenvalue weighted by molar-refractivity contribution is 8.22. The van der Waals surface area contributed by atoms with Crippen LogP contribution in [0.5, 0.6) is 0 Å². The molecule has 0 fully saturated rings. The summed E-state index contributed by atoms with van der Waals surface area (Å²) in [5.74, 6) is 0. The van der Waals surface area contributed by atoms with Crippen molar-refractivity contribution < 1.29 is 0 Å². The van der Waals surface area contributed by atoms with Gasteiger partial charge in [0.15, 0.2) is 5.16 Å². The number of unbranched alkanes of at least 4 members (excludes halogenated alkanes) is 1. The second-order valence-electron chi connectivity index (χ2n) is 4.68. The van der Waals surface area contributed by atoms with Gasteiger partial charge in [-0.2, -0.15) is 10.9 Å². The lowest BCUT2D eigenvalue weighted by Crippen LogP contribution is -1.98. The van der Waals surface area contributed by atoms with Crippen molar-refractivity contribution in [2.45, 2.75) is 31.3 Å². The van der Waals surface area contributed by atoms with E-state index in [4.69, 9.17) is 9.97 Å². The molecule has 1 aromatic heterocycles. The van der Waals surface area contributed by atoms with E-state index in [-0.39, 0.29) is 0 Å². The fourth-order valence-electron chi connectivity index (χ4n) is 2.25. The molecule has 0 saturated heterocycles. The summed E-state index contributed by atoms with van der Waals surface area (Å²) in [5, 5.41) is 6.62. The number of hydrogen-bond donors (Lipinski definition) is 1. The van der Waals surface area contributed by atoms with Gasteiger partial charge in [-0.3, -0.25) is 0 Å². The van der Waals surface area contributed by atoms with Gasteiger partial charge in [-0.15, -0.1) is 0 Å². The van der Waals surface area contributed by atoms with Crippen LogP contribution >= 0.6 is 10.9 Å². The summed E-state index contributed by atoms with van der Waals surface area (Å²) in [7, 11) is -0.428. The first-order valence-corrected chi connectivity index (χ1v) is 8.25. The molecule has 0 saturated carbocycles. The molecular weight excluding hydrogens is 252 g/mol. The number of thiol groups is 1. The number of para-hydroxylation sites is 1. The van der Waals surface area contributed by atoms with E-state index in [1.807, 2.05) is 0 Å². The van der Waals surface area contributed by atoms with Crippen molar-refractivity contribution in [1.82, 2.24) is 9.97 Å². The van der Waals surface area contributed by atoms with Crippen LogP contribution in [0, 0.1) is 0 Å². The van der Waals surface area contributed by atoms with Crippen LogP contribution in [0.25, 0.3) is 10.9 Å². The molecule has 2 heterocycles. The third-order valence-electron chi connectivity index (χ3n) is 3.27. The average Bonchev–Trinajstić information content (AvgIpc) is 2.98. The molecule has 0 atom stereocenters. The molecule has 0 radical (unpaired) electrons. The molecule has 0 N–H and O–H groups in total. The van der Waals surface area contributed by atoms with E-state index >= 15 is 0 Å². The molecule has 19 heavy (non-hydrogen) atoms. The average molecular weight is 270 g/mol. The van der Waals surface area contributed by atoms with Gasteiger partial charge in [0.05, 0.1) is 11.2 Å². The van der Waals surface area contributed by atoms with Crippen LogP contribution in [0.4, 0.5) is 0 Å². The Bertz CT molecular complexity index is 634. The molecule has 1 aliphatic heterocycles. The number of rotatable bonds is 4. The van der Waals surface area contributed by atoms with E-state index in [1.54, 1.807) is 0 Å². The van der Waals surface area contributed by atoms with Crippen molar-refractivity contribution in [3.63, 3.8) is 0 Å². The van der Waals surface area contributed by atoms with Crippen molar-refractivity contribution in [3.8, 4) is 0 Å². The second kappa shape index (κ2) is 5.57. The van der Waals surface area contributed by atoms with Gasteiger partial charge in [-0.05, 0) is 29.7 Å². The lowest BCUT2D eigenvalue weighted by molar-refractivity contribution is 0.766. The quantitative estimate of drug-likeness (QED) is 0.659. The minimum Gasteiger partial charge on any atom is -0.228 e. The molecule has 3 heteroatoms. The third kappa shape index (κ3) is 2.56. The van der Waals surface area contributed by atoms with E-state index in [1.165, 1.54) is 23.9 Å². The predicted molar refractivity (Wildman–Crippen MR) is 83.7 cm³/mol. The van der Waals surface area contributed by atoms with Crippen LogP contribution < -0.4 is 0 Å². The van der Waals surface area contributed by atoms with Crippen LogP contribution in [-0.4, -0.2) is 9.97 Å². The van der Waals surface area contributed by atoms with Crippen LogP contribution in [0.2, 0.25) is 0 Å². The van der Waals surface area contributed by atoms with Gasteiger partial charge in [0.1, 0.15) is 0 Å². The Morgan fingerprint density at radius 1 is 1.05 bits per heavy atom. The number of benzene rings is 1. The van der Waals surface area contributed by atoms with Gasteiger partial charge in [0.25, 0.3) is 0 Å². The van der Waals surface area contributed by atoms with Gasteiger partial charge in [-0.25, -0.2) is 9.97 Å². The molecule has 0 bridgehead atoms. The number of aryl methyl sites for hydroxylation is 1. The molecule has 1 aliphatic rings. The fraction of sp³-hybridized carbons (Fsp3) is 0.250. The summed E-state index contributed by atoms with van der Waals surface area (Å²) in [6, 6.07) is 8.35. The molecule has 3 rings (SSSR count). The Balaban J connectivity index is 2.09. The molecule has 0 aliphatic carbocycles. The van der Waals surface area contributed by atoms with E-state index in [9.17, 15) is 0 Å². The van der Waals surface area contributed by atoms with Crippen molar-refractivity contribution in [2.75, 3.05) is 0 Å². The molecule has 0 amide bonds. The SMILES string of the molecule is CCCCc1nc([SH]2C=CC=C2)nc2ccccc12. The monoisotopic (exact) mass is 270 g/mol. The zero-order chi connectivity index (χ0) is 13.1. The molecule has 2 aromatic rings. The Labute approximate surface area is 116 Å². The first-order valence-electron chi connectivity index (χ1n) is 6.77. The topological polar surface area (TPSA) is 25.8 Å². The molecular formula is C16H18N2S. The van der Waals surface area contributed by atoms with E-state index in [2.05, 4.69) is 54.2 Å². The zero-order valence-corrected chi connectivity index (χ0v) is 12.0. The number of nitrogens with zero attached hydrogens (tertiary/aromatic N) is 2. The van der Waals surface area contributed by atoms with Gasteiger partial charge >= 0.3 is 0 Å². The molecule has 0 unspecified atom stereocenters. The van der Waals surface area contributed by atoms with Crippen LogP contribution in [0.1, 0.15) is 25.5 Å². The normalized spacial score (nSPS) is 15.5. The van der Waals surface area contributed by atoms with Gasteiger partial charge in [0, 0.05) is 5.39 Å². The first-order chi connectivity index (χ1) is 9.38. The van der Waals surface area contributed by atoms with Gasteiger partial charge in [0.2, 0.25) is 0 Å². The smallest absolute Gasteiger partial charge is 0.175 e. The van der Waals surface area contributed by atoms with Gasteiger partial charge < -0.3 is 0 Å². The number of allylic oxidation sites excluding steroid dienone is 2. The summed E-state index contributed by atoms with van der Waals surface area (Å²) in [5.41, 5.74) is 2.29. The van der Waals surface area contributed by atoms with Crippen molar-refractivity contribution in [2.24, 2.45) is 0 Å². The summed E-state index contributed by atoms with van der Waals surface area (Å²) in [6.45, 7) is 2.22. The number of aromatic nitrogens is 2. The standard InChI is InChI=1S/C16H18N2S/c1-2-3-9-14-13-8-4-5-10-15(13)18-16(17-14)19-11-6-7-12-19/h4-8,10-12,19H,2-3,9H2,1H3. The fourth-order valence-corrected chi connectivity index (χ4v) is 3.64. The maximum Gasteiger partial charge on any atom is 0.175 e. The third-order valence-corrected chi connectivity index (χ3v) is 4.92. The lowest BCUT2D eigenvalue weighted by atomic mass is 10.1. The zero-order valence-electron chi connectivity index (χ0n) is 11.1. The maximum absolute atomic E-state index is 4.84. The largest absolute Gasteiger partial charge is 0.228 e. The second-order valence-corrected chi connectivity index (χ2v) is 6.49. The van der Waals surface area contributed by atoms with E-state index in [0.717, 1.165) is 17.1 Å². The number of hydrogen-bond acceptors (Lipinski definition) is 2. The van der Waals surface area contributed by atoms with Crippen molar-refractivity contribution >= 4 is 21.8 Å². The predicted octanol–water partition coefficient (Wildman–Crippen LogP) is 4.37. The van der Waals surface area contributed by atoms with Crippen LogP contribution in [0.15, 0.2) is 52.4 Å². The summed E-state index contributed by atoms with van der Waals surface area (Å²) >= 11 is 0. The highest BCUT2D eigenvalue weighted by atomic mass is 32.2. The lowest BCUT2D eigenvalue weighted by Gasteiger charge is -2.12. The Kier molecular flexibility index (Phi) is 3.65. The van der Waals surface area contributed by atoms with Gasteiger partial charge in [-0.1, -0.05) is 43.7 Å². The Morgan fingerprint density at radius 3 is 2.63 bits per heavy atom. The van der Waals surface area contributed by atoms with E-state index in [0.29, 0.717) is 0 Å². The Morgan fingerprint density at radius 2 is 1.84 bits per heavy atom. The molecule has 2 nitrogen and oxygen atoms in total. The van der Waals surface area contributed by atoms with Crippen molar-refractivity contribution in [3.05, 3.63) is 52.9 Å². The maximum atomic E-state index is 4.84. The summed E-state index contributed by atoms with van der Waals surface area (Å²) < 4.78 is 0. The highest BCUT2D eigenvalue weighted by Crippen LogP contribution is 2.40. The van der Waals surface area contributed by atoms with E-state index < -0.39 is 10.9 Å². The minimum atomic E-state index is -0.428. The number of fused-ring (bicyclic) bond motifs is 1. The highest BCUT2D eigenvalue weighted by Gasteiger charge is 2.11. The summed E-state index contributed by atoms with van der Waals surface area (Å²) in [4.78, 5) is 9.58. The van der Waals surface area contributed by atoms with Crippen LogP contribution in [0.3, 0.4) is 0 Å². The Hall–Kier alpha value is -1.61. The first kappa shape index (κ1) is 12.4. The molecule has 1 aromatic carbocycles. The molecule has 98 valence electrons.